The number of amides is 2. The van der Waals surface area contributed by atoms with E-state index in [9.17, 15) is 19.2 Å². The minimum atomic E-state index is -0.575. The van der Waals surface area contributed by atoms with E-state index in [-0.39, 0.29) is 55.7 Å². The smallest absolute Gasteiger partial charge is 0.407 e. The Balaban J connectivity index is 3.94. The third kappa shape index (κ3) is 16.0. The van der Waals surface area contributed by atoms with Gasteiger partial charge in [-0.2, -0.15) is 0 Å². The molecule has 0 fully saturated rings. The van der Waals surface area contributed by atoms with Crippen molar-refractivity contribution in [2.24, 2.45) is 11.3 Å². The van der Waals surface area contributed by atoms with Gasteiger partial charge in [0, 0.05) is 25.1 Å². The summed E-state index contributed by atoms with van der Waals surface area (Å²) in [5.41, 5.74) is 0.205. The molecule has 0 radical (unpaired) electrons. The Labute approximate surface area is 190 Å². The Bertz CT molecular complexity index is 633. The fourth-order valence-electron chi connectivity index (χ4n) is 2.76. The number of hydrogen-bond acceptors (Lipinski definition) is 8. The highest BCUT2D eigenvalue weighted by atomic mass is 16.6. The summed E-state index contributed by atoms with van der Waals surface area (Å²) in [5, 5.41) is 5.36. The van der Waals surface area contributed by atoms with Crippen LogP contribution in [0.5, 0.6) is 0 Å². The molecule has 0 bridgehead atoms. The normalized spacial score (nSPS) is 11.7. The zero-order valence-electron chi connectivity index (χ0n) is 19.9. The third-order valence-electron chi connectivity index (χ3n) is 4.33. The number of carbonyl (C=O) groups excluding carboxylic acids is 4. The highest BCUT2D eigenvalue weighted by Gasteiger charge is 2.22. The van der Waals surface area contributed by atoms with Gasteiger partial charge in [-0.1, -0.05) is 34.3 Å². The van der Waals surface area contributed by atoms with Crippen LogP contribution in [0.15, 0.2) is 12.2 Å². The molecule has 0 heterocycles. The Morgan fingerprint density at radius 3 is 2.00 bits per heavy atom. The van der Waals surface area contributed by atoms with Crippen molar-refractivity contribution in [2.45, 2.75) is 53.9 Å². The molecule has 2 amide bonds. The SMILES string of the molecule is C=C(C)C(=O)OCCOC(=O)NCCC(C)(C)CC(C)CNC(=O)OCCOC(=O)CC. The van der Waals surface area contributed by atoms with Crippen molar-refractivity contribution >= 4 is 24.1 Å². The summed E-state index contributed by atoms with van der Waals surface area (Å²) in [6.07, 6.45) is 0.678. The Kier molecular flexibility index (Phi) is 14.6. The first kappa shape index (κ1) is 29.2. The number of esters is 2. The van der Waals surface area contributed by atoms with E-state index in [0.29, 0.717) is 19.5 Å². The summed E-state index contributed by atoms with van der Waals surface area (Å²) >= 11 is 0. The maximum absolute atomic E-state index is 11.7. The number of carbonyl (C=O) groups is 4. The van der Waals surface area contributed by atoms with E-state index in [0.717, 1.165) is 6.42 Å². The average molecular weight is 459 g/mol. The Morgan fingerprint density at radius 2 is 1.44 bits per heavy atom. The number of hydrogen-bond donors (Lipinski definition) is 2. The van der Waals surface area contributed by atoms with Crippen molar-refractivity contribution in [1.82, 2.24) is 10.6 Å². The number of ether oxygens (including phenoxy) is 4. The van der Waals surface area contributed by atoms with Crippen LogP contribution in [0.1, 0.15) is 53.9 Å². The van der Waals surface area contributed by atoms with Gasteiger partial charge in [-0.15, -0.1) is 0 Å². The zero-order valence-corrected chi connectivity index (χ0v) is 19.9. The molecule has 0 aliphatic rings. The summed E-state index contributed by atoms with van der Waals surface area (Å²) in [6, 6.07) is 0. The Morgan fingerprint density at radius 1 is 0.906 bits per heavy atom. The molecule has 0 saturated heterocycles. The lowest BCUT2D eigenvalue weighted by molar-refractivity contribution is -0.144. The first-order chi connectivity index (χ1) is 15.0. The van der Waals surface area contributed by atoms with Gasteiger partial charge in [-0.25, -0.2) is 14.4 Å². The van der Waals surface area contributed by atoms with Gasteiger partial charge in [0.2, 0.25) is 0 Å². The van der Waals surface area contributed by atoms with Crippen molar-refractivity contribution < 1.29 is 38.1 Å². The van der Waals surface area contributed by atoms with Gasteiger partial charge in [0.1, 0.15) is 26.4 Å². The number of nitrogens with one attached hydrogen (secondary N) is 2. The topological polar surface area (TPSA) is 129 Å². The van der Waals surface area contributed by atoms with E-state index < -0.39 is 18.2 Å². The molecule has 184 valence electrons. The van der Waals surface area contributed by atoms with Crippen molar-refractivity contribution in [3.8, 4) is 0 Å². The minimum absolute atomic E-state index is 0.00947. The van der Waals surface area contributed by atoms with Crippen LogP contribution >= 0.6 is 0 Å². The molecular formula is C22H38N2O8. The van der Waals surface area contributed by atoms with Gasteiger partial charge in [-0.05, 0) is 31.1 Å². The van der Waals surface area contributed by atoms with E-state index in [1.54, 1.807) is 6.92 Å². The van der Waals surface area contributed by atoms with E-state index in [1.807, 2.05) is 6.92 Å². The fourth-order valence-corrected chi connectivity index (χ4v) is 2.76. The first-order valence-corrected chi connectivity index (χ1v) is 10.8. The van der Waals surface area contributed by atoms with Gasteiger partial charge >= 0.3 is 24.1 Å². The second-order valence-corrected chi connectivity index (χ2v) is 8.29. The molecule has 0 rings (SSSR count). The van der Waals surface area contributed by atoms with Crippen LogP contribution in [-0.2, 0) is 28.5 Å². The molecule has 0 aliphatic carbocycles. The molecule has 0 aromatic rings. The molecule has 0 aromatic heterocycles. The molecule has 1 unspecified atom stereocenters. The van der Waals surface area contributed by atoms with Crippen molar-refractivity contribution in [2.75, 3.05) is 39.5 Å². The third-order valence-corrected chi connectivity index (χ3v) is 4.33. The summed E-state index contributed by atoms with van der Waals surface area (Å²) in [5.74, 6) is -0.674. The molecular weight excluding hydrogens is 420 g/mol. The standard InChI is InChI=1S/C22H38N2O8/c1-7-18(25)29-10-12-32-21(28)24-15-17(4)14-22(5,6)8-9-23-20(27)31-13-11-30-19(26)16(2)3/h17H,2,7-15H2,1,3-6H3,(H,23,27)(H,24,28). The molecule has 0 aliphatic heterocycles. The number of alkyl carbamates (subject to hydrolysis) is 2. The second-order valence-electron chi connectivity index (χ2n) is 8.29. The van der Waals surface area contributed by atoms with Gasteiger partial charge in [0.25, 0.3) is 0 Å². The summed E-state index contributed by atoms with van der Waals surface area (Å²) in [6.45, 7) is 13.7. The van der Waals surface area contributed by atoms with Gasteiger partial charge in [0.15, 0.2) is 0 Å². The maximum Gasteiger partial charge on any atom is 0.407 e. The second kappa shape index (κ2) is 15.9. The predicted octanol–water partition coefficient (Wildman–Crippen LogP) is 2.95. The average Bonchev–Trinajstić information content (AvgIpc) is 2.71. The summed E-state index contributed by atoms with van der Waals surface area (Å²) < 4.78 is 19.6. The van der Waals surface area contributed by atoms with Gasteiger partial charge < -0.3 is 29.6 Å². The first-order valence-electron chi connectivity index (χ1n) is 10.8. The van der Waals surface area contributed by atoms with E-state index in [4.69, 9.17) is 18.9 Å². The van der Waals surface area contributed by atoms with E-state index in [2.05, 4.69) is 31.1 Å². The molecule has 0 saturated carbocycles. The zero-order chi connectivity index (χ0) is 24.6. The minimum Gasteiger partial charge on any atom is -0.462 e. The largest absolute Gasteiger partial charge is 0.462 e. The van der Waals surface area contributed by atoms with Crippen LogP contribution < -0.4 is 10.6 Å². The predicted molar refractivity (Wildman–Crippen MR) is 118 cm³/mol. The fraction of sp³-hybridized carbons (Fsp3) is 0.727. The van der Waals surface area contributed by atoms with Gasteiger partial charge in [-0.3, -0.25) is 4.79 Å². The van der Waals surface area contributed by atoms with Crippen LogP contribution in [0, 0.1) is 11.3 Å². The lowest BCUT2D eigenvalue weighted by Gasteiger charge is -2.28. The van der Waals surface area contributed by atoms with Crippen molar-refractivity contribution in [3.63, 3.8) is 0 Å². The lowest BCUT2D eigenvalue weighted by Crippen LogP contribution is -2.33. The van der Waals surface area contributed by atoms with E-state index >= 15 is 0 Å². The lowest BCUT2D eigenvalue weighted by atomic mass is 9.80. The molecule has 10 nitrogen and oxygen atoms in total. The van der Waals surface area contributed by atoms with E-state index in [1.165, 1.54) is 6.92 Å². The van der Waals surface area contributed by atoms with Crippen LogP contribution in [0.2, 0.25) is 0 Å². The number of rotatable bonds is 15. The molecule has 0 aromatic carbocycles. The monoisotopic (exact) mass is 458 g/mol. The van der Waals surface area contributed by atoms with Crippen molar-refractivity contribution in [3.05, 3.63) is 12.2 Å². The maximum atomic E-state index is 11.7. The molecule has 1 atom stereocenters. The summed E-state index contributed by atoms with van der Waals surface area (Å²) in [7, 11) is 0. The Hall–Kier alpha value is -2.78. The molecule has 10 heteroatoms. The molecule has 32 heavy (non-hydrogen) atoms. The summed E-state index contributed by atoms with van der Waals surface area (Å²) in [4.78, 5) is 45.6. The van der Waals surface area contributed by atoms with Crippen molar-refractivity contribution in [1.29, 1.82) is 0 Å². The van der Waals surface area contributed by atoms with Crippen LogP contribution in [0.4, 0.5) is 9.59 Å². The van der Waals surface area contributed by atoms with Crippen LogP contribution in [0.3, 0.4) is 0 Å². The molecule has 0 spiro atoms. The van der Waals surface area contributed by atoms with Crippen LogP contribution in [0.25, 0.3) is 0 Å². The molecule has 2 N–H and O–H groups in total. The highest BCUT2D eigenvalue weighted by Crippen LogP contribution is 2.28. The van der Waals surface area contributed by atoms with Crippen LogP contribution in [-0.4, -0.2) is 63.6 Å². The van der Waals surface area contributed by atoms with Gasteiger partial charge in [0.05, 0.1) is 0 Å². The quantitative estimate of drug-likeness (QED) is 0.166. The highest BCUT2D eigenvalue weighted by molar-refractivity contribution is 5.86.